The van der Waals surface area contributed by atoms with Crippen LogP contribution in [0.3, 0.4) is 0 Å². The number of hydrogen-bond acceptors (Lipinski definition) is 7. The van der Waals surface area contributed by atoms with Crippen molar-refractivity contribution in [3.05, 3.63) is 95.8 Å². The standard InChI is InChI=1S/C39H47F3N6O5S/c1-39(2,3)38(32-19-27(30-20-28(41)9-10-31(30)42)23-46(32)22-26-7-5-4-6-8-26)47(17-13-29(43)21-40)37(53)25-54-18-14-33(49)44-15-16-45-34(50)24-48-35(51)11-12-36(48)52/h4-12,19-20,23,29,38H,13-18,21-22,24-25,43H2,1-3H3,(H,44,49)(H,45,50). The largest absolute Gasteiger partial charge is 0.354 e. The molecule has 54 heavy (non-hydrogen) atoms. The second-order valence-corrected chi connectivity index (χ2v) is 15.2. The molecule has 3 aromatic rings. The van der Waals surface area contributed by atoms with E-state index >= 15 is 4.39 Å². The Balaban J connectivity index is 1.45. The molecule has 2 unspecified atom stereocenters. The molecule has 0 aliphatic carbocycles. The summed E-state index contributed by atoms with van der Waals surface area (Å²) in [6, 6.07) is 13.2. The van der Waals surface area contributed by atoms with Crippen LogP contribution in [-0.4, -0.2) is 94.3 Å². The van der Waals surface area contributed by atoms with Crippen molar-refractivity contribution in [2.45, 2.75) is 52.2 Å². The molecule has 0 fully saturated rings. The van der Waals surface area contributed by atoms with Crippen molar-refractivity contribution in [2.75, 3.05) is 44.4 Å². The molecule has 0 radical (unpaired) electrons. The molecule has 1 aliphatic heterocycles. The van der Waals surface area contributed by atoms with Gasteiger partial charge in [0.25, 0.3) is 11.8 Å². The van der Waals surface area contributed by atoms with Gasteiger partial charge in [-0.15, -0.1) is 0 Å². The minimum atomic E-state index is -0.794. The van der Waals surface area contributed by atoms with E-state index < -0.39 is 60.1 Å². The predicted molar refractivity (Wildman–Crippen MR) is 202 cm³/mol. The summed E-state index contributed by atoms with van der Waals surface area (Å²) < 4.78 is 44.9. The first-order valence-electron chi connectivity index (χ1n) is 17.6. The van der Waals surface area contributed by atoms with Crippen molar-refractivity contribution >= 4 is 41.3 Å². The second kappa shape index (κ2) is 19.4. The monoisotopic (exact) mass is 768 g/mol. The average Bonchev–Trinajstić information content (AvgIpc) is 3.68. The van der Waals surface area contributed by atoms with E-state index in [1.54, 1.807) is 17.2 Å². The van der Waals surface area contributed by atoms with Crippen LogP contribution in [0.15, 0.2) is 72.9 Å². The number of carbonyl (C=O) groups is 5. The topological polar surface area (TPSA) is 147 Å². The van der Waals surface area contributed by atoms with E-state index in [1.165, 1.54) is 11.8 Å². The Hall–Kier alpha value is -4.89. The highest BCUT2D eigenvalue weighted by Crippen LogP contribution is 2.41. The number of amides is 5. The molecule has 5 amide bonds. The molecule has 0 saturated carbocycles. The van der Waals surface area contributed by atoms with Gasteiger partial charge in [0.2, 0.25) is 17.7 Å². The molecule has 11 nitrogen and oxygen atoms in total. The smallest absolute Gasteiger partial charge is 0.254 e. The summed E-state index contributed by atoms with van der Waals surface area (Å²) >= 11 is 1.26. The van der Waals surface area contributed by atoms with Gasteiger partial charge in [-0.3, -0.25) is 28.9 Å². The van der Waals surface area contributed by atoms with E-state index in [-0.39, 0.29) is 55.6 Å². The van der Waals surface area contributed by atoms with Crippen LogP contribution >= 0.6 is 11.8 Å². The minimum absolute atomic E-state index is 0.00829. The number of aromatic nitrogens is 1. The Labute approximate surface area is 317 Å². The SMILES string of the molecule is CC(C)(C)C(c1cc(-c2cc(F)ccc2F)cn1Cc1ccccc1)N(CCC(N)CF)C(=O)CSCCC(=O)NCCNC(=O)CN1C(=O)C=CC1=O. The van der Waals surface area contributed by atoms with E-state index in [1.807, 2.05) is 55.7 Å². The van der Waals surface area contributed by atoms with Crippen molar-refractivity contribution < 1.29 is 37.1 Å². The number of hydrogen-bond donors (Lipinski definition) is 3. The molecule has 2 heterocycles. The molecule has 4 rings (SSSR count). The number of nitrogens with two attached hydrogens (primary N) is 1. The molecule has 0 spiro atoms. The number of alkyl halides is 1. The first-order valence-corrected chi connectivity index (χ1v) is 18.8. The quantitative estimate of drug-likeness (QED) is 0.121. The van der Waals surface area contributed by atoms with E-state index in [4.69, 9.17) is 5.73 Å². The number of rotatable bonds is 19. The van der Waals surface area contributed by atoms with Crippen LogP contribution in [0.25, 0.3) is 11.1 Å². The lowest BCUT2D eigenvalue weighted by molar-refractivity contribution is -0.141. The van der Waals surface area contributed by atoms with Gasteiger partial charge in [0.15, 0.2) is 0 Å². The van der Waals surface area contributed by atoms with Crippen molar-refractivity contribution in [3.8, 4) is 11.1 Å². The lowest BCUT2D eigenvalue weighted by atomic mass is 9.82. The van der Waals surface area contributed by atoms with E-state index in [0.717, 1.165) is 40.8 Å². The summed E-state index contributed by atoms with van der Waals surface area (Å²) in [5, 5.41) is 5.23. The summed E-state index contributed by atoms with van der Waals surface area (Å²) in [6.45, 7) is 5.45. The van der Waals surface area contributed by atoms with Gasteiger partial charge in [-0.2, -0.15) is 11.8 Å². The fourth-order valence-corrected chi connectivity index (χ4v) is 6.89. The fourth-order valence-electron chi connectivity index (χ4n) is 6.08. The number of thioether (sulfide) groups is 1. The van der Waals surface area contributed by atoms with Crippen LogP contribution in [-0.2, 0) is 30.5 Å². The zero-order valence-corrected chi connectivity index (χ0v) is 31.5. The van der Waals surface area contributed by atoms with E-state index in [9.17, 15) is 32.8 Å². The number of halogens is 3. The minimum Gasteiger partial charge on any atom is -0.354 e. The zero-order valence-electron chi connectivity index (χ0n) is 30.7. The van der Waals surface area contributed by atoms with Crippen LogP contribution in [0.5, 0.6) is 0 Å². The second-order valence-electron chi connectivity index (χ2n) is 14.0. The molecule has 1 aromatic heterocycles. The summed E-state index contributed by atoms with van der Waals surface area (Å²) in [7, 11) is 0. The van der Waals surface area contributed by atoms with Gasteiger partial charge >= 0.3 is 0 Å². The van der Waals surface area contributed by atoms with Crippen LogP contribution in [0.2, 0.25) is 0 Å². The summed E-state index contributed by atoms with van der Waals surface area (Å²) in [5.74, 6) is -3.10. The zero-order chi connectivity index (χ0) is 39.4. The normalized spacial score (nSPS) is 13.9. The third kappa shape index (κ3) is 11.8. The molecule has 4 N–H and O–H groups in total. The van der Waals surface area contributed by atoms with E-state index in [2.05, 4.69) is 10.6 Å². The highest BCUT2D eigenvalue weighted by molar-refractivity contribution is 7.99. The van der Waals surface area contributed by atoms with Gasteiger partial charge in [0, 0.05) is 79.6 Å². The first-order chi connectivity index (χ1) is 25.7. The number of nitrogens with zero attached hydrogens (tertiary/aromatic N) is 3. The molecule has 15 heteroatoms. The number of benzene rings is 2. The highest BCUT2D eigenvalue weighted by atomic mass is 32.2. The van der Waals surface area contributed by atoms with Crippen molar-refractivity contribution in [2.24, 2.45) is 11.1 Å². The molecule has 1 aliphatic rings. The summed E-state index contributed by atoms with van der Waals surface area (Å²) in [4.78, 5) is 64.4. The van der Waals surface area contributed by atoms with Crippen LogP contribution < -0.4 is 16.4 Å². The van der Waals surface area contributed by atoms with Crippen LogP contribution in [0, 0.1) is 17.0 Å². The predicted octanol–water partition coefficient (Wildman–Crippen LogP) is 4.37. The van der Waals surface area contributed by atoms with E-state index in [0.29, 0.717) is 23.6 Å². The number of carbonyl (C=O) groups excluding carboxylic acids is 5. The lowest BCUT2D eigenvalue weighted by Gasteiger charge is -2.41. The molecule has 0 saturated heterocycles. The van der Waals surface area contributed by atoms with Gasteiger partial charge < -0.3 is 25.8 Å². The summed E-state index contributed by atoms with van der Waals surface area (Å²) in [6.07, 6.45) is 4.20. The molecule has 290 valence electrons. The van der Waals surface area contributed by atoms with Crippen molar-refractivity contribution in [1.29, 1.82) is 0 Å². The van der Waals surface area contributed by atoms with Gasteiger partial charge in [-0.25, -0.2) is 13.2 Å². The third-order valence-corrected chi connectivity index (χ3v) is 9.65. The molecular weight excluding hydrogens is 722 g/mol. The Morgan fingerprint density at radius 2 is 1.61 bits per heavy atom. The lowest BCUT2D eigenvalue weighted by Crippen LogP contribution is -2.45. The van der Waals surface area contributed by atoms with Crippen LogP contribution in [0.4, 0.5) is 13.2 Å². The molecule has 2 atom stereocenters. The molecule has 2 aromatic carbocycles. The maximum absolute atomic E-state index is 15.1. The number of imide groups is 1. The first kappa shape index (κ1) is 41.9. The maximum atomic E-state index is 15.1. The molecule has 0 bridgehead atoms. The van der Waals surface area contributed by atoms with Crippen molar-refractivity contribution in [3.63, 3.8) is 0 Å². The van der Waals surface area contributed by atoms with Gasteiger partial charge in [-0.05, 0) is 41.7 Å². The third-order valence-electron chi connectivity index (χ3n) is 8.71. The number of nitrogens with one attached hydrogen (secondary N) is 2. The maximum Gasteiger partial charge on any atom is 0.254 e. The van der Waals surface area contributed by atoms with Crippen LogP contribution in [0.1, 0.15) is 50.9 Å². The van der Waals surface area contributed by atoms with Gasteiger partial charge in [0.05, 0.1) is 11.8 Å². The Bertz CT molecular complexity index is 1810. The van der Waals surface area contributed by atoms with Gasteiger partial charge in [-0.1, -0.05) is 51.1 Å². The van der Waals surface area contributed by atoms with Gasteiger partial charge in [0.1, 0.15) is 24.9 Å². The molecular formula is C39H47F3N6O5S. The Morgan fingerprint density at radius 3 is 2.26 bits per heavy atom. The van der Waals surface area contributed by atoms with Crippen molar-refractivity contribution in [1.82, 2.24) is 25.0 Å². The Kier molecular flexibility index (Phi) is 15.1. The fraction of sp³-hybridized carbons (Fsp3) is 0.410. The average molecular weight is 769 g/mol. The highest BCUT2D eigenvalue weighted by Gasteiger charge is 2.37. The summed E-state index contributed by atoms with van der Waals surface area (Å²) in [5.41, 5.74) is 7.55. The Morgan fingerprint density at radius 1 is 0.944 bits per heavy atom.